The lowest BCUT2D eigenvalue weighted by atomic mass is 9.84. The summed E-state index contributed by atoms with van der Waals surface area (Å²) in [6.45, 7) is 4.62. The smallest absolute Gasteiger partial charge is 0.305 e. The second kappa shape index (κ2) is 6.37. The van der Waals surface area contributed by atoms with Crippen molar-refractivity contribution in [2.24, 2.45) is 5.73 Å². The van der Waals surface area contributed by atoms with Gasteiger partial charge in [-0.25, -0.2) is 0 Å². The Labute approximate surface area is 118 Å². The molecule has 0 amide bonds. The minimum Gasteiger partial charge on any atom is -0.481 e. The Hall–Kier alpha value is -1.10. The molecule has 1 aromatic rings. The van der Waals surface area contributed by atoms with E-state index in [1.54, 1.807) is 13.2 Å². The third-order valence-electron chi connectivity index (χ3n) is 3.03. The maximum atomic E-state index is 10.7. The van der Waals surface area contributed by atoms with Crippen LogP contribution in [-0.4, -0.2) is 24.8 Å². The zero-order valence-electron chi connectivity index (χ0n) is 11.4. The van der Waals surface area contributed by atoms with Gasteiger partial charge >= 0.3 is 5.97 Å². The Morgan fingerprint density at radius 2 is 2.11 bits per heavy atom. The fourth-order valence-corrected chi connectivity index (χ4v) is 2.21. The Morgan fingerprint density at radius 1 is 1.47 bits per heavy atom. The number of ether oxygens (including phenoxy) is 1. The van der Waals surface area contributed by atoms with Crippen LogP contribution in [0.2, 0.25) is 5.02 Å². The highest BCUT2D eigenvalue weighted by Gasteiger charge is 2.22. The summed E-state index contributed by atoms with van der Waals surface area (Å²) in [5.41, 5.74) is 7.38. The number of hydrogen-bond acceptors (Lipinski definition) is 3. The molecule has 0 saturated carbocycles. The highest BCUT2D eigenvalue weighted by atomic mass is 35.5. The molecule has 1 aromatic carbocycles. The fraction of sp³-hybridized carbons (Fsp3) is 0.500. The Balaban J connectivity index is 3.10. The number of carbonyl (C=O) groups is 1. The first-order chi connectivity index (χ1) is 8.76. The first kappa shape index (κ1) is 16.0. The van der Waals surface area contributed by atoms with E-state index in [0.717, 1.165) is 11.1 Å². The molecule has 0 aliphatic rings. The second-order valence-electron chi connectivity index (χ2n) is 5.29. The topological polar surface area (TPSA) is 72.5 Å². The van der Waals surface area contributed by atoms with Crippen molar-refractivity contribution in [1.29, 1.82) is 0 Å². The molecule has 5 heteroatoms. The van der Waals surface area contributed by atoms with Crippen LogP contribution in [0.25, 0.3) is 0 Å². The number of carboxylic acid groups (broad SMARTS) is 1. The zero-order valence-corrected chi connectivity index (χ0v) is 12.2. The SMILES string of the molecule is COCC(C)(C)c1cc(Cl)cc(C(N)CC(=O)O)c1. The van der Waals surface area contributed by atoms with Crippen LogP contribution < -0.4 is 5.73 Å². The van der Waals surface area contributed by atoms with Gasteiger partial charge < -0.3 is 15.6 Å². The standard InChI is InChI=1S/C14H20ClNO3/c1-14(2,8-19-3)10-4-9(5-11(15)6-10)12(16)7-13(17)18/h4-6,12H,7-8,16H2,1-3H3,(H,17,18). The molecule has 0 fully saturated rings. The molecule has 0 aliphatic heterocycles. The Kier molecular flexibility index (Phi) is 5.35. The van der Waals surface area contributed by atoms with E-state index in [4.69, 9.17) is 27.2 Å². The van der Waals surface area contributed by atoms with E-state index < -0.39 is 12.0 Å². The molecule has 3 N–H and O–H groups in total. The minimum atomic E-state index is -0.926. The predicted octanol–water partition coefficient (Wildman–Crippen LogP) is 2.74. The molecule has 4 nitrogen and oxygen atoms in total. The van der Waals surface area contributed by atoms with E-state index in [0.29, 0.717) is 11.6 Å². The van der Waals surface area contributed by atoms with Crippen molar-refractivity contribution in [2.45, 2.75) is 31.7 Å². The first-order valence-corrected chi connectivity index (χ1v) is 6.41. The van der Waals surface area contributed by atoms with E-state index in [1.165, 1.54) is 0 Å². The van der Waals surface area contributed by atoms with Gasteiger partial charge in [-0.15, -0.1) is 0 Å². The molecule has 1 rings (SSSR count). The lowest BCUT2D eigenvalue weighted by Gasteiger charge is -2.26. The lowest BCUT2D eigenvalue weighted by Crippen LogP contribution is -2.24. The maximum Gasteiger partial charge on any atom is 0.305 e. The molecule has 1 atom stereocenters. The largest absolute Gasteiger partial charge is 0.481 e. The molecule has 106 valence electrons. The van der Waals surface area contributed by atoms with Crippen LogP contribution in [0.5, 0.6) is 0 Å². The summed E-state index contributed by atoms with van der Waals surface area (Å²) in [7, 11) is 1.64. The summed E-state index contributed by atoms with van der Waals surface area (Å²) in [6, 6.07) is 4.91. The van der Waals surface area contributed by atoms with Crippen LogP contribution in [0.4, 0.5) is 0 Å². The normalized spacial score (nSPS) is 13.3. The van der Waals surface area contributed by atoms with Crippen LogP contribution in [0.3, 0.4) is 0 Å². The average Bonchev–Trinajstić information content (AvgIpc) is 2.27. The molecule has 0 radical (unpaired) electrons. The van der Waals surface area contributed by atoms with Gasteiger partial charge in [0.1, 0.15) is 0 Å². The summed E-state index contributed by atoms with van der Waals surface area (Å²) in [6.07, 6.45) is -0.121. The van der Waals surface area contributed by atoms with Gasteiger partial charge in [-0.2, -0.15) is 0 Å². The summed E-state index contributed by atoms with van der Waals surface area (Å²) >= 11 is 6.09. The number of rotatable bonds is 6. The molecule has 0 bridgehead atoms. The number of carboxylic acids is 1. The molecule has 1 unspecified atom stereocenters. The second-order valence-corrected chi connectivity index (χ2v) is 5.73. The molecule has 19 heavy (non-hydrogen) atoms. The number of benzene rings is 1. The van der Waals surface area contributed by atoms with Gasteiger partial charge in [-0.05, 0) is 23.3 Å². The van der Waals surface area contributed by atoms with Gasteiger partial charge in [-0.1, -0.05) is 31.5 Å². The van der Waals surface area contributed by atoms with E-state index in [9.17, 15) is 4.79 Å². The van der Waals surface area contributed by atoms with Crippen molar-refractivity contribution in [3.05, 3.63) is 34.3 Å². The summed E-state index contributed by atoms with van der Waals surface area (Å²) in [4.78, 5) is 10.7. The van der Waals surface area contributed by atoms with E-state index >= 15 is 0 Å². The number of aliphatic carboxylic acids is 1. The van der Waals surface area contributed by atoms with Crippen molar-refractivity contribution in [2.75, 3.05) is 13.7 Å². The summed E-state index contributed by atoms with van der Waals surface area (Å²) in [5.74, 6) is -0.926. The summed E-state index contributed by atoms with van der Waals surface area (Å²) < 4.78 is 5.20. The maximum absolute atomic E-state index is 10.7. The third-order valence-corrected chi connectivity index (χ3v) is 3.25. The van der Waals surface area contributed by atoms with E-state index in [2.05, 4.69) is 0 Å². The Bertz CT molecular complexity index is 460. The number of halogens is 1. The molecule has 0 heterocycles. The third kappa shape index (κ3) is 4.49. The van der Waals surface area contributed by atoms with Crippen molar-refractivity contribution in [1.82, 2.24) is 0 Å². The van der Waals surface area contributed by atoms with Crippen molar-refractivity contribution in [3.8, 4) is 0 Å². The van der Waals surface area contributed by atoms with E-state index in [1.807, 2.05) is 26.0 Å². The average molecular weight is 286 g/mol. The van der Waals surface area contributed by atoms with Gasteiger partial charge in [0, 0.05) is 23.6 Å². The zero-order chi connectivity index (χ0) is 14.6. The fourth-order valence-electron chi connectivity index (χ4n) is 1.97. The van der Waals surface area contributed by atoms with Crippen molar-refractivity contribution >= 4 is 17.6 Å². The van der Waals surface area contributed by atoms with Gasteiger partial charge in [0.25, 0.3) is 0 Å². The predicted molar refractivity (Wildman–Crippen MR) is 75.5 cm³/mol. The monoisotopic (exact) mass is 285 g/mol. The Morgan fingerprint density at radius 3 is 2.63 bits per heavy atom. The van der Waals surface area contributed by atoms with E-state index in [-0.39, 0.29) is 11.8 Å². The molecule has 0 aliphatic carbocycles. The number of methoxy groups -OCH3 is 1. The molecular formula is C14H20ClNO3. The highest BCUT2D eigenvalue weighted by molar-refractivity contribution is 6.30. The van der Waals surface area contributed by atoms with Gasteiger partial charge in [0.15, 0.2) is 0 Å². The van der Waals surface area contributed by atoms with Crippen molar-refractivity contribution < 1.29 is 14.6 Å². The van der Waals surface area contributed by atoms with Gasteiger partial charge in [0.05, 0.1) is 13.0 Å². The first-order valence-electron chi connectivity index (χ1n) is 6.03. The number of nitrogens with two attached hydrogens (primary N) is 1. The lowest BCUT2D eigenvalue weighted by molar-refractivity contribution is -0.137. The van der Waals surface area contributed by atoms with Crippen LogP contribution in [0.1, 0.15) is 37.4 Å². The number of hydrogen-bond donors (Lipinski definition) is 2. The van der Waals surface area contributed by atoms with Crippen LogP contribution in [0, 0.1) is 0 Å². The van der Waals surface area contributed by atoms with Crippen molar-refractivity contribution in [3.63, 3.8) is 0 Å². The minimum absolute atomic E-state index is 0.121. The van der Waals surface area contributed by atoms with Crippen LogP contribution in [-0.2, 0) is 14.9 Å². The quantitative estimate of drug-likeness (QED) is 0.843. The molecule has 0 aromatic heterocycles. The van der Waals surface area contributed by atoms with Crippen LogP contribution in [0.15, 0.2) is 18.2 Å². The molecule has 0 saturated heterocycles. The van der Waals surface area contributed by atoms with Gasteiger partial charge in [-0.3, -0.25) is 4.79 Å². The summed E-state index contributed by atoms with van der Waals surface area (Å²) in [5, 5.41) is 9.35. The van der Waals surface area contributed by atoms with Gasteiger partial charge in [0.2, 0.25) is 0 Å². The molecular weight excluding hydrogens is 266 g/mol. The van der Waals surface area contributed by atoms with Crippen LogP contribution >= 0.6 is 11.6 Å². The highest BCUT2D eigenvalue weighted by Crippen LogP contribution is 2.29. The molecule has 0 spiro atoms.